The monoisotopic (exact) mass is 232 g/mol. The molecule has 1 heterocycles. The van der Waals surface area contributed by atoms with Crippen LogP contribution in [-0.2, 0) is 9.53 Å². The molecule has 2 N–H and O–H groups in total. The van der Waals surface area contributed by atoms with Crippen molar-refractivity contribution in [2.24, 2.45) is 5.92 Å². The fraction of sp³-hybridized carbons (Fsp3) is 0.900. The third-order valence-corrected chi connectivity index (χ3v) is 3.80. The van der Waals surface area contributed by atoms with Crippen molar-refractivity contribution in [3.05, 3.63) is 0 Å². The molecule has 1 amide bonds. The van der Waals surface area contributed by atoms with Crippen molar-refractivity contribution in [3.63, 3.8) is 0 Å². The number of nitrogens with one attached hydrogen (secondary N) is 2. The second-order valence-electron chi connectivity index (χ2n) is 3.78. The molecular formula is C10H20N2O2S. The fourth-order valence-corrected chi connectivity index (χ4v) is 2.27. The van der Waals surface area contributed by atoms with Gasteiger partial charge in [-0.2, -0.15) is 0 Å². The zero-order valence-corrected chi connectivity index (χ0v) is 10.2. The number of hydrogen-bond donors (Lipinski definition) is 2. The summed E-state index contributed by atoms with van der Waals surface area (Å²) in [5.41, 5.74) is 0. The number of methoxy groups -OCH3 is 1. The minimum absolute atomic E-state index is 0.0439. The van der Waals surface area contributed by atoms with E-state index in [2.05, 4.69) is 10.6 Å². The van der Waals surface area contributed by atoms with Crippen LogP contribution in [-0.4, -0.2) is 50.3 Å². The second-order valence-corrected chi connectivity index (χ2v) is 5.16. The van der Waals surface area contributed by atoms with Gasteiger partial charge in [0.25, 0.3) is 0 Å². The predicted octanol–water partition coefficient (Wildman–Crippen LogP) is 0.0901. The second kappa shape index (κ2) is 7.09. The molecule has 0 saturated carbocycles. The average Bonchev–Trinajstić information content (AvgIpc) is 2.15. The van der Waals surface area contributed by atoms with Gasteiger partial charge in [-0.3, -0.25) is 4.79 Å². The first-order valence-electron chi connectivity index (χ1n) is 5.33. The molecule has 88 valence electrons. The largest absolute Gasteiger partial charge is 0.383 e. The van der Waals surface area contributed by atoms with E-state index in [-0.39, 0.29) is 11.2 Å². The zero-order chi connectivity index (χ0) is 11.1. The van der Waals surface area contributed by atoms with Crippen LogP contribution in [0.15, 0.2) is 0 Å². The molecule has 1 unspecified atom stereocenters. The Morgan fingerprint density at radius 1 is 1.67 bits per heavy atom. The number of carbonyl (C=O) groups is 1. The zero-order valence-electron chi connectivity index (χ0n) is 9.41. The van der Waals surface area contributed by atoms with Crippen LogP contribution < -0.4 is 10.6 Å². The Morgan fingerprint density at radius 3 is 2.93 bits per heavy atom. The number of hydrogen-bond acceptors (Lipinski definition) is 4. The molecule has 1 saturated heterocycles. The number of amides is 1. The molecule has 1 aliphatic rings. The standard InChI is InChI=1S/C10H20N2O2S/c1-8(10(13)12-3-4-14-2)15-7-9-5-11-6-9/h8-9,11H,3-7H2,1-2H3,(H,12,13). The molecule has 0 spiro atoms. The van der Waals surface area contributed by atoms with E-state index in [9.17, 15) is 4.79 Å². The summed E-state index contributed by atoms with van der Waals surface area (Å²) < 4.78 is 4.87. The quantitative estimate of drug-likeness (QED) is 0.611. The fourth-order valence-electron chi connectivity index (χ4n) is 1.24. The molecule has 0 radical (unpaired) electrons. The van der Waals surface area contributed by atoms with Gasteiger partial charge in [-0.1, -0.05) is 0 Å². The summed E-state index contributed by atoms with van der Waals surface area (Å²) in [6.07, 6.45) is 0. The maximum absolute atomic E-state index is 11.5. The Morgan fingerprint density at radius 2 is 2.40 bits per heavy atom. The minimum Gasteiger partial charge on any atom is -0.383 e. The van der Waals surface area contributed by atoms with E-state index in [0.717, 1.165) is 24.8 Å². The summed E-state index contributed by atoms with van der Waals surface area (Å²) in [5, 5.41) is 6.11. The highest BCUT2D eigenvalue weighted by Gasteiger charge is 2.20. The highest BCUT2D eigenvalue weighted by molar-refractivity contribution is 8.00. The van der Waals surface area contributed by atoms with Gasteiger partial charge in [0.15, 0.2) is 0 Å². The van der Waals surface area contributed by atoms with Crippen LogP contribution in [0.3, 0.4) is 0 Å². The number of ether oxygens (including phenoxy) is 1. The first-order chi connectivity index (χ1) is 7.24. The van der Waals surface area contributed by atoms with Gasteiger partial charge in [-0.15, -0.1) is 11.8 Å². The molecule has 1 rings (SSSR count). The van der Waals surface area contributed by atoms with Gasteiger partial charge in [0.2, 0.25) is 5.91 Å². The summed E-state index contributed by atoms with van der Waals surface area (Å²) in [6, 6.07) is 0. The lowest BCUT2D eigenvalue weighted by Gasteiger charge is -2.27. The van der Waals surface area contributed by atoms with Gasteiger partial charge in [0.1, 0.15) is 0 Å². The van der Waals surface area contributed by atoms with Gasteiger partial charge in [-0.25, -0.2) is 0 Å². The van der Waals surface area contributed by atoms with E-state index in [0.29, 0.717) is 13.2 Å². The van der Waals surface area contributed by atoms with Gasteiger partial charge >= 0.3 is 0 Å². The lowest BCUT2D eigenvalue weighted by Crippen LogP contribution is -2.44. The molecule has 1 atom stereocenters. The molecule has 15 heavy (non-hydrogen) atoms. The topological polar surface area (TPSA) is 50.4 Å². The van der Waals surface area contributed by atoms with E-state index in [4.69, 9.17) is 4.74 Å². The van der Waals surface area contributed by atoms with Crippen LogP contribution >= 0.6 is 11.8 Å². The normalized spacial score (nSPS) is 18.3. The summed E-state index contributed by atoms with van der Waals surface area (Å²) in [7, 11) is 1.63. The van der Waals surface area contributed by atoms with Gasteiger partial charge < -0.3 is 15.4 Å². The maximum Gasteiger partial charge on any atom is 0.232 e. The van der Waals surface area contributed by atoms with Crippen molar-refractivity contribution < 1.29 is 9.53 Å². The van der Waals surface area contributed by atoms with E-state index < -0.39 is 0 Å². The molecule has 0 aromatic heterocycles. The average molecular weight is 232 g/mol. The van der Waals surface area contributed by atoms with Gasteiger partial charge in [0, 0.05) is 13.7 Å². The van der Waals surface area contributed by atoms with Crippen molar-refractivity contribution >= 4 is 17.7 Å². The van der Waals surface area contributed by atoms with Crippen LogP contribution in [0.5, 0.6) is 0 Å². The molecule has 0 bridgehead atoms. The molecule has 0 aliphatic carbocycles. The highest BCUT2D eigenvalue weighted by atomic mass is 32.2. The van der Waals surface area contributed by atoms with Crippen LogP contribution in [0, 0.1) is 5.92 Å². The van der Waals surface area contributed by atoms with Crippen molar-refractivity contribution in [3.8, 4) is 0 Å². The third kappa shape index (κ3) is 4.86. The number of thioether (sulfide) groups is 1. The van der Waals surface area contributed by atoms with E-state index in [1.807, 2.05) is 6.92 Å². The Hall–Kier alpha value is -0.260. The maximum atomic E-state index is 11.5. The molecule has 1 fully saturated rings. The van der Waals surface area contributed by atoms with Crippen LogP contribution in [0.1, 0.15) is 6.92 Å². The molecule has 5 heteroatoms. The van der Waals surface area contributed by atoms with Gasteiger partial charge in [0.05, 0.1) is 11.9 Å². The summed E-state index contributed by atoms with van der Waals surface area (Å²) in [6.45, 7) is 5.34. The molecule has 1 aliphatic heterocycles. The smallest absolute Gasteiger partial charge is 0.232 e. The van der Waals surface area contributed by atoms with Crippen molar-refractivity contribution in [1.82, 2.24) is 10.6 Å². The molecular weight excluding hydrogens is 212 g/mol. The first-order valence-corrected chi connectivity index (χ1v) is 6.38. The van der Waals surface area contributed by atoms with Crippen LogP contribution in [0.25, 0.3) is 0 Å². The van der Waals surface area contributed by atoms with E-state index in [1.54, 1.807) is 18.9 Å². The highest BCUT2D eigenvalue weighted by Crippen LogP contribution is 2.17. The van der Waals surface area contributed by atoms with E-state index >= 15 is 0 Å². The SMILES string of the molecule is COCCNC(=O)C(C)SCC1CNC1. The van der Waals surface area contributed by atoms with Gasteiger partial charge in [-0.05, 0) is 31.7 Å². The minimum atomic E-state index is 0.0439. The number of carbonyl (C=O) groups excluding carboxylic acids is 1. The third-order valence-electron chi connectivity index (χ3n) is 2.42. The summed E-state index contributed by atoms with van der Waals surface area (Å²) in [5.74, 6) is 1.94. The lowest BCUT2D eigenvalue weighted by molar-refractivity contribution is -0.120. The van der Waals surface area contributed by atoms with Crippen LogP contribution in [0.2, 0.25) is 0 Å². The number of rotatable bonds is 7. The summed E-state index contributed by atoms with van der Waals surface area (Å²) >= 11 is 1.73. The predicted molar refractivity (Wildman–Crippen MR) is 63.2 cm³/mol. The Bertz CT molecular complexity index is 198. The van der Waals surface area contributed by atoms with Crippen molar-refractivity contribution in [1.29, 1.82) is 0 Å². The molecule has 0 aromatic rings. The van der Waals surface area contributed by atoms with Crippen molar-refractivity contribution in [2.75, 3.05) is 39.1 Å². The Kier molecular flexibility index (Phi) is 6.05. The molecule has 4 nitrogen and oxygen atoms in total. The molecule has 0 aromatic carbocycles. The Labute approximate surface area is 95.5 Å². The summed E-state index contributed by atoms with van der Waals surface area (Å²) in [4.78, 5) is 11.5. The Balaban J connectivity index is 2.03. The van der Waals surface area contributed by atoms with E-state index in [1.165, 1.54) is 0 Å². The lowest BCUT2D eigenvalue weighted by atomic mass is 10.1. The van der Waals surface area contributed by atoms with Crippen LogP contribution in [0.4, 0.5) is 0 Å². The van der Waals surface area contributed by atoms with Crippen molar-refractivity contribution in [2.45, 2.75) is 12.2 Å². The first kappa shape index (κ1) is 12.8.